The molecular formula is C18H13F3N2O3. The number of hydrogen-bond donors (Lipinski definition) is 0. The molecule has 0 aliphatic carbocycles. The van der Waals surface area contributed by atoms with E-state index in [4.69, 9.17) is 4.74 Å². The number of alkyl halides is 3. The van der Waals surface area contributed by atoms with Crippen LogP contribution in [-0.2, 0) is 14.3 Å². The van der Waals surface area contributed by atoms with Gasteiger partial charge in [-0.2, -0.15) is 23.2 Å². The fraction of sp³-hybridized carbons (Fsp3) is 0.167. The van der Waals surface area contributed by atoms with Gasteiger partial charge < -0.3 is 9.47 Å². The molecule has 0 N–H and O–H groups in total. The number of esters is 1. The van der Waals surface area contributed by atoms with Crippen molar-refractivity contribution >= 4 is 17.8 Å². The summed E-state index contributed by atoms with van der Waals surface area (Å²) >= 11 is 0. The second-order valence-electron chi connectivity index (χ2n) is 5.33. The van der Waals surface area contributed by atoms with Crippen LogP contribution in [-0.4, -0.2) is 36.7 Å². The smallest absolute Gasteiger partial charge is 0.446 e. The molecule has 0 saturated heterocycles. The van der Waals surface area contributed by atoms with E-state index < -0.39 is 17.8 Å². The van der Waals surface area contributed by atoms with Crippen molar-refractivity contribution in [2.45, 2.75) is 11.8 Å². The van der Waals surface area contributed by atoms with Gasteiger partial charge in [0.15, 0.2) is 0 Å². The van der Waals surface area contributed by atoms with Crippen LogP contribution in [0.1, 0.15) is 11.1 Å². The Kier molecular flexibility index (Phi) is 4.50. The first-order valence-electron chi connectivity index (χ1n) is 7.51. The van der Waals surface area contributed by atoms with Crippen molar-refractivity contribution in [2.75, 3.05) is 7.11 Å². The number of rotatable bonds is 3. The zero-order valence-corrected chi connectivity index (χ0v) is 13.5. The summed E-state index contributed by atoms with van der Waals surface area (Å²) in [6.45, 7) is 0. The molecule has 0 radical (unpaired) electrons. The summed E-state index contributed by atoms with van der Waals surface area (Å²) < 4.78 is 51.4. The van der Waals surface area contributed by atoms with Crippen LogP contribution in [0.25, 0.3) is 0 Å². The first kappa shape index (κ1) is 17.7. The zero-order chi connectivity index (χ0) is 18.8. The van der Waals surface area contributed by atoms with Crippen LogP contribution in [0.3, 0.4) is 0 Å². The van der Waals surface area contributed by atoms with Crippen LogP contribution >= 0.6 is 0 Å². The van der Waals surface area contributed by atoms with Crippen LogP contribution in [0.15, 0.2) is 70.6 Å². The number of nitrogens with zero attached hydrogens (tertiary/aromatic N) is 2. The van der Waals surface area contributed by atoms with Gasteiger partial charge in [0.25, 0.3) is 0 Å². The molecular weight excluding hydrogens is 349 g/mol. The standard InChI is InChI=1S/C18H13F3N2O3/c1-25-16(24)17(18(19,20)21)22-14(12-8-4-2-5-9-12)26-15(23-17)13-10-6-3-7-11-13/h2-11H,1H3. The summed E-state index contributed by atoms with van der Waals surface area (Å²) in [4.78, 5) is 19.1. The summed E-state index contributed by atoms with van der Waals surface area (Å²) in [7, 11) is 0.848. The third-order valence-corrected chi connectivity index (χ3v) is 3.63. The monoisotopic (exact) mass is 362 g/mol. The van der Waals surface area contributed by atoms with E-state index in [1.807, 2.05) is 0 Å². The number of methoxy groups -OCH3 is 1. The largest absolute Gasteiger partial charge is 0.465 e. The molecule has 5 nitrogen and oxygen atoms in total. The normalized spacial score (nSPS) is 16.2. The third kappa shape index (κ3) is 3.05. The molecule has 1 heterocycles. The Balaban J connectivity index is 2.23. The van der Waals surface area contributed by atoms with E-state index in [1.54, 1.807) is 36.4 Å². The molecule has 3 rings (SSSR count). The van der Waals surface area contributed by atoms with Crippen LogP contribution in [0.2, 0.25) is 0 Å². The molecule has 134 valence electrons. The van der Waals surface area contributed by atoms with Crippen molar-refractivity contribution < 1.29 is 27.4 Å². The molecule has 2 aromatic carbocycles. The van der Waals surface area contributed by atoms with Crippen molar-refractivity contribution in [1.82, 2.24) is 0 Å². The van der Waals surface area contributed by atoms with Gasteiger partial charge in [-0.3, -0.25) is 0 Å². The van der Waals surface area contributed by atoms with Gasteiger partial charge in [0.05, 0.1) is 7.11 Å². The molecule has 8 heteroatoms. The van der Waals surface area contributed by atoms with Gasteiger partial charge >= 0.3 is 17.8 Å². The Labute approximate surface area is 146 Å². The maximum absolute atomic E-state index is 13.8. The lowest BCUT2D eigenvalue weighted by molar-refractivity contribution is -0.202. The predicted molar refractivity (Wildman–Crippen MR) is 87.8 cm³/mol. The third-order valence-electron chi connectivity index (χ3n) is 3.63. The molecule has 0 unspecified atom stereocenters. The predicted octanol–water partition coefficient (Wildman–Crippen LogP) is 3.34. The number of carbonyl (C=O) groups excluding carboxylic acids is 1. The second kappa shape index (κ2) is 6.62. The van der Waals surface area contributed by atoms with Gasteiger partial charge in [0, 0.05) is 11.1 Å². The topological polar surface area (TPSA) is 60.2 Å². The molecule has 1 aliphatic rings. The first-order valence-corrected chi connectivity index (χ1v) is 7.51. The summed E-state index contributed by atoms with van der Waals surface area (Å²) in [5.41, 5.74) is -2.89. The first-order chi connectivity index (χ1) is 12.4. The molecule has 0 aromatic heterocycles. The second-order valence-corrected chi connectivity index (χ2v) is 5.33. The molecule has 2 aromatic rings. The van der Waals surface area contributed by atoms with E-state index in [2.05, 4.69) is 14.7 Å². The average Bonchev–Trinajstić information content (AvgIpc) is 2.67. The van der Waals surface area contributed by atoms with Crippen LogP contribution in [0.5, 0.6) is 0 Å². The Bertz CT molecular complexity index is 807. The molecule has 26 heavy (non-hydrogen) atoms. The van der Waals surface area contributed by atoms with Crippen LogP contribution in [0.4, 0.5) is 13.2 Å². The minimum atomic E-state index is -5.12. The quantitative estimate of drug-likeness (QED) is 0.787. The van der Waals surface area contributed by atoms with Crippen molar-refractivity contribution in [2.24, 2.45) is 9.98 Å². The lowest BCUT2D eigenvalue weighted by atomic mass is 10.1. The molecule has 0 bridgehead atoms. The van der Waals surface area contributed by atoms with E-state index in [1.165, 1.54) is 24.3 Å². The molecule has 0 atom stereocenters. The van der Waals surface area contributed by atoms with Crippen molar-refractivity contribution in [1.29, 1.82) is 0 Å². The van der Waals surface area contributed by atoms with Gasteiger partial charge in [-0.05, 0) is 24.3 Å². The van der Waals surface area contributed by atoms with Gasteiger partial charge in [-0.25, -0.2) is 4.79 Å². The average molecular weight is 362 g/mol. The maximum atomic E-state index is 13.8. The number of benzene rings is 2. The minimum absolute atomic E-state index is 0.272. The highest BCUT2D eigenvalue weighted by Gasteiger charge is 2.65. The Morgan fingerprint density at radius 3 is 1.69 bits per heavy atom. The van der Waals surface area contributed by atoms with Crippen molar-refractivity contribution in [3.63, 3.8) is 0 Å². The SMILES string of the molecule is COC(=O)C1(C(F)(F)F)N=C(c2ccccc2)OC(c2ccccc2)=N1. The number of halogens is 3. The molecule has 0 saturated carbocycles. The Hall–Kier alpha value is -3.16. The Morgan fingerprint density at radius 2 is 1.35 bits per heavy atom. The summed E-state index contributed by atoms with van der Waals surface area (Å²) in [5, 5.41) is 0. The van der Waals surface area contributed by atoms with E-state index in [0.717, 1.165) is 7.11 Å². The van der Waals surface area contributed by atoms with E-state index in [9.17, 15) is 18.0 Å². The highest BCUT2D eigenvalue weighted by molar-refractivity contribution is 6.10. The van der Waals surface area contributed by atoms with E-state index >= 15 is 0 Å². The summed E-state index contributed by atoms with van der Waals surface area (Å²) in [6.07, 6.45) is -5.12. The highest BCUT2D eigenvalue weighted by atomic mass is 19.4. The van der Waals surface area contributed by atoms with Gasteiger partial charge in [0.2, 0.25) is 11.8 Å². The maximum Gasteiger partial charge on any atom is 0.446 e. The number of aliphatic imine (C=N–C) groups is 2. The zero-order valence-electron chi connectivity index (χ0n) is 13.5. The fourth-order valence-electron chi connectivity index (χ4n) is 2.34. The van der Waals surface area contributed by atoms with E-state index in [0.29, 0.717) is 0 Å². The Morgan fingerprint density at radius 1 is 0.923 bits per heavy atom. The summed E-state index contributed by atoms with van der Waals surface area (Å²) in [5.74, 6) is -2.39. The molecule has 0 amide bonds. The molecule has 1 aliphatic heterocycles. The highest BCUT2D eigenvalue weighted by Crippen LogP contribution is 2.39. The fourth-order valence-corrected chi connectivity index (χ4v) is 2.34. The summed E-state index contributed by atoms with van der Waals surface area (Å²) in [6, 6.07) is 15.9. The molecule has 0 spiro atoms. The number of ether oxygens (including phenoxy) is 2. The van der Waals surface area contributed by atoms with Crippen LogP contribution in [0, 0.1) is 0 Å². The van der Waals surface area contributed by atoms with Gasteiger partial charge in [-0.1, -0.05) is 36.4 Å². The lowest BCUT2D eigenvalue weighted by Gasteiger charge is -2.30. The van der Waals surface area contributed by atoms with Crippen LogP contribution < -0.4 is 0 Å². The van der Waals surface area contributed by atoms with Crippen molar-refractivity contribution in [3.05, 3.63) is 71.8 Å². The van der Waals surface area contributed by atoms with Gasteiger partial charge in [-0.15, -0.1) is 0 Å². The number of carbonyl (C=O) groups is 1. The number of hydrogen-bond acceptors (Lipinski definition) is 5. The van der Waals surface area contributed by atoms with E-state index in [-0.39, 0.29) is 22.9 Å². The molecule has 0 fully saturated rings. The lowest BCUT2D eigenvalue weighted by Crippen LogP contribution is -2.53. The minimum Gasteiger partial charge on any atom is -0.465 e. The van der Waals surface area contributed by atoms with Crippen molar-refractivity contribution in [3.8, 4) is 0 Å². The van der Waals surface area contributed by atoms with Gasteiger partial charge in [0.1, 0.15) is 0 Å².